The maximum absolute atomic E-state index is 13.0. The molecule has 2 fully saturated rings. The van der Waals surface area contributed by atoms with Crippen molar-refractivity contribution in [2.45, 2.75) is 24.4 Å². The summed E-state index contributed by atoms with van der Waals surface area (Å²) in [5, 5.41) is 10.1. The summed E-state index contributed by atoms with van der Waals surface area (Å²) in [5.74, 6) is -0.288. The van der Waals surface area contributed by atoms with Gasteiger partial charge in [-0.25, -0.2) is 0 Å². The highest BCUT2D eigenvalue weighted by molar-refractivity contribution is 5.95. The molecule has 2 aliphatic rings. The average Bonchev–Trinajstić information content (AvgIpc) is 2.90. The summed E-state index contributed by atoms with van der Waals surface area (Å²) in [5.41, 5.74) is 4.50. The molecule has 0 saturated carbocycles. The second kappa shape index (κ2) is 10.2. The normalized spacial score (nSPS) is 20.7. The summed E-state index contributed by atoms with van der Waals surface area (Å²) in [6.45, 7) is 0.378. The first kappa shape index (κ1) is 24.7. The Morgan fingerprint density at radius 3 is 2.35 bits per heavy atom. The number of hydrogen-bond acceptors (Lipinski definition) is 4. The third-order valence-electron chi connectivity index (χ3n) is 7.45. The Morgan fingerprint density at radius 2 is 1.68 bits per heavy atom. The average molecular weight is 498 g/mol. The van der Waals surface area contributed by atoms with Gasteiger partial charge in [0, 0.05) is 32.1 Å². The molecule has 37 heavy (non-hydrogen) atoms. The molecule has 190 valence electrons. The van der Waals surface area contributed by atoms with Crippen molar-refractivity contribution in [3.05, 3.63) is 95.6 Å². The molecule has 2 saturated heterocycles. The van der Waals surface area contributed by atoms with Crippen LogP contribution in [0.2, 0.25) is 0 Å². The van der Waals surface area contributed by atoms with Crippen LogP contribution in [0.15, 0.2) is 78.9 Å². The molecule has 3 aromatic carbocycles. The number of carbonyl (C=O) groups excluding carboxylic acids is 3. The van der Waals surface area contributed by atoms with Gasteiger partial charge >= 0.3 is 0 Å². The lowest BCUT2D eigenvalue weighted by Crippen LogP contribution is -2.73. The number of nitrogens with zero attached hydrogens (tertiary/aromatic N) is 3. The van der Waals surface area contributed by atoms with E-state index in [1.54, 1.807) is 34.9 Å². The van der Waals surface area contributed by atoms with Gasteiger partial charge in [0.25, 0.3) is 5.91 Å². The van der Waals surface area contributed by atoms with Crippen molar-refractivity contribution in [2.75, 3.05) is 33.8 Å². The van der Waals surface area contributed by atoms with E-state index in [1.165, 1.54) is 0 Å². The first-order valence-corrected chi connectivity index (χ1v) is 12.5. The molecule has 3 amide bonds. The molecule has 7 heteroatoms. The predicted octanol–water partition coefficient (Wildman–Crippen LogP) is 2.80. The first-order valence-electron chi connectivity index (χ1n) is 12.5. The molecular formula is C30H31N3O4. The van der Waals surface area contributed by atoms with Crippen molar-refractivity contribution in [3.8, 4) is 11.1 Å². The molecular weight excluding hydrogens is 466 g/mol. The molecule has 2 heterocycles. The number of fused-ring (bicyclic) bond motifs is 1. The van der Waals surface area contributed by atoms with Crippen molar-refractivity contribution in [3.63, 3.8) is 0 Å². The Labute approximate surface area is 216 Å². The molecule has 0 radical (unpaired) electrons. The van der Waals surface area contributed by atoms with E-state index in [0.29, 0.717) is 12.1 Å². The van der Waals surface area contributed by atoms with E-state index in [1.807, 2.05) is 72.8 Å². The van der Waals surface area contributed by atoms with Crippen LogP contribution in [0.3, 0.4) is 0 Å². The molecule has 0 spiro atoms. The van der Waals surface area contributed by atoms with Gasteiger partial charge in [-0.2, -0.15) is 0 Å². The van der Waals surface area contributed by atoms with Crippen LogP contribution in [-0.4, -0.2) is 83.4 Å². The van der Waals surface area contributed by atoms with Crippen molar-refractivity contribution >= 4 is 17.7 Å². The molecule has 0 aliphatic carbocycles. The second-order valence-corrected chi connectivity index (χ2v) is 9.98. The zero-order valence-corrected chi connectivity index (χ0v) is 21.1. The van der Waals surface area contributed by atoms with E-state index in [2.05, 4.69) is 0 Å². The minimum Gasteiger partial charge on any atom is -0.394 e. The number of aliphatic hydroxyl groups is 1. The Kier molecular flexibility index (Phi) is 6.80. The first-order chi connectivity index (χ1) is 17.9. The van der Waals surface area contributed by atoms with Crippen LogP contribution in [0, 0.1) is 0 Å². The Morgan fingerprint density at radius 1 is 0.946 bits per heavy atom. The van der Waals surface area contributed by atoms with Gasteiger partial charge in [-0.1, -0.05) is 66.7 Å². The van der Waals surface area contributed by atoms with E-state index in [-0.39, 0.29) is 55.3 Å². The third-order valence-corrected chi connectivity index (χ3v) is 7.45. The van der Waals surface area contributed by atoms with Crippen molar-refractivity contribution in [1.82, 2.24) is 14.7 Å². The molecule has 1 N–H and O–H groups in total. The summed E-state index contributed by atoms with van der Waals surface area (Å²) in [4.78, 5) is 43.2. The monoisotopic (exact) mass is 497 g/mol. The standard InChI is InChI=1S/C30H31N3O4/c1-31(2)30(37)24-10-6-9-23(16-24)21-11-13-22(14-12-21)29-25-17-32(18-28(36)33(25)26(29)19-34)27(35)15-20-7-4-3-5-8-20/h3-14,16,25-26,29,34H,15,17-19H2,1-2H3/t25-,26-,29+/m0/s1. The number of rotatable bonds is 6. The maximum atomic E-state index is 13.0. The predicted molar refractivity (Wildman–Crippen MR) is 141 cm³/mol. The van der Waals surface area contributed by atoms with Crippen LogP contribution >= 0.6 is 0 Å². The fourth-order valence-electron chi connectivity index (χ4n) is 5.56. The van der Waals surface area contributed by atoms with Gasteiger partial charge in [-0.3, -0.25) is 14.4 Å². The zero-order valence-electron chi connectivity index (χ0n) is 21.1. The summed E-state index contributed by atoms with van der Waals surface area (Å²) >= 11 is 0. The van der Waals surface area contributed by atoms with Crippen LogP contribution in [0.25, 0.3) is 11.1 Å². The zero-order chi connectivity index (χ0) is 26.1. The van der Waals surface area contributed by atoms with Crippen LogP contribution in [0.1, 0.15) is 27.4 Å². The fourth-order valence-corrected chi connectivity index (χ4v) is 5.56. The topological polar surface area (TPSA) is 81.2 Å². The molecule has 0 aromatic heterocycles. The Bertz CT molecular complexity index is 1310. The highest BCUT2D eigenvalue weighted by atomic mass is 16.3. The van der Waals surface area contributed by atoms with Crippen LogP contribution in [0.4, 0.5) is 0 Å². The van der Waals surface area contributed by atoms with Crippen molar-refractivity contribution in [2.24, 2.45) is 0 Å². The van der Waals surface area contributed by atoms with Gasteiger partial charge in [-0.05, 0) is 34.4 Å². The van der Waals surface area contributed by atoms with Gasteiger partial charge in [-0.15, -0.1) is 0 Å². The quantitative estimate of drug-likeness (QED) is 0.568. The fraction of sp³-hybridized carbons (Fsp3) is 0.300. The minimum absolute atomic E-state index is 0.0480. The van der Waals surface area contributed by atoms with Crippen molar-refractivity contribution < 1.29 is 19.5 Å². The van der Waals surface area contributed by atoms with Gasteiger partial charge in [0.15, 0.2) is 0 Å². The van der Waals surface area contributed by atoms with Gasteiger partial charge in [0.1, 0.15) is 0 Å². The SMILES string of the molecule is CN(C)C(=O)c1cccc(-c2ccc([C@H]3[C@H](CO)N4C(=O)CN(C(=O)Cc5ccccc5)C[C@@H]34)cc2)c1. The molecule has 3 aromatic rings. The largest absolute Gasteiger partial charge is 0.394 e. The summed E-state index contributed by atoms with van der Waals surface area (Å²) in [6.07, 6.45) is 0.263. The molecule has 5 rings (SSSR count). The number of hydrogen-bond donors (Lipinski definition) is 1. The molecule has 0 unspecified atom stereocenters. The van der Waals surface area contributed by atoms with Crippen LogP contribution in [-0.2, 0) is 16.0 Å². The lowest BCUT2D eigenvalue weighted by Gasteiger charge is -2.58. The summed E-state index contributed by atoms with van der Waals surface area (Å²) in [6, 6.07) is 24.7. The van der Waals surface area contributed by atoms with E-state index in [0.717, 1.165) is 22.3 Å². The lowest BCUT2D eigenvalue weighted by molar-refractivity contribution is -0.166. The molecule has 2 aliphatic heterocycles. The van der Waals surface area contributed by atoms with Crippen LogP contribution in [0.5, 0.6) is 0 Å². The number of aliphatic hydroxyl groups excluding tert-OH is 1. The van der Waals surface area contributed by atoms with E-state index >= 15 is 0 Å². The molecule has 3 atom stereocenters. The molecule has 7 nitrogen and oxygen atoms in total. The van der Waals surface area contributed by atoms with Gasteiger partial charge in [0.05, 0.1) is 31.7 Å². The minimum atomic E-state index is -0.296. The smallest absolute Gasteiger partial charge is 0.253 e. The van der Waals surface area contributed by atoms with E-state index in [4.69, 9.17) is 0 Å². The highest BCUT2D eigenvalue weighted by Gasteiger charge is 2.54. The Balaban J connectivity index is 1.34. The maximum Gasteiger partial charge on any atom is 0.253 e. The number of carbonyl (C=O) groups is 3. The van der Waals surface area contributed by atoms with Crippen LogP contribution < -0.4 is 0 Å². The van der Waals surface area contributed by atoms with Gasteiger partial charge < -0.3 is 19.8 Å². The number of amides is 3. The van der Waals surface area contributed by atoms with Crippen molar-refractivity contribution in [1.29, 1.82) is 0 Å². The van der Waals surface area contributed by atoms with Gasteiger partial charge in [0.2, 0.25) is 11.8 Å². The second-order valence-electron chi connectivity index (χ2n) is 9.98. The highest BCUT2D eigenvalue weighted by Crippen LogP contribution is 2.43. The number of benzene rings is 3. The lowest BCUT2D eigenvalue weighted by atomic mass is 9.73. The Hall–Kier alpha value is -3.97. The van der Waals surface area contributed by atoms with E-state index in [9.17, 15) is 19.5 Å². The molecule has 0 bridgehead atoms. The third kappa shape index (κ3) is 4.74. The summed E-state index contributed by atoms with van der Waals surface area (Å²) in [7, 11) is 3.46. The summed E-state index contributed by atoms with van der Waals surface area (Å²) < 4.78 is 0. The number of piperazine rings is 1. The van der Waals surface area contributed by atoms with E-state index < -0.39 is 0 Å².